The van der Waals surface area contributed by atoms with Crippen molar-refractivity contribution < 1.29 is 31.0 Å². The summed E-state index contributed by atoms with van der Waals surface area (Å²) in [5, 5.41) is 0. The van der Waals surface area contributed by atoms with Gasteiger partial charge in [-0.3, -0.25) is 0 Å². The molecule has 0 unspecified atom stereocenters. The van der Waals surface area contributed by atoms with Gasteiger partial charge in [-0.25, -0.2) is 0 Å². The number of esters is 1. The molecule has 0 aliphatic carbocycles. The zero-order chi connectivity index (χ0) is 16.2. The van der Waals surface area contributed by atoms with E-state index < -0.39 is 27.1 Å². The van der Waals surface area contributed by atoms with Gasteiger partial charge in [-0.2, -0.15) is 0 Å². The summed E-state index contributed by atoms with van der Waals surface area (Å²) in [7, 11) is 0. The van der Waals surface area contributed by atoms with Gasteiger partial charge in [0.25, 0.3) is 0 Å². The fourth-order valence-corrected chi connectivity index (χ4v) is 5.91. The molecule has 0 aromatic carbocycles. The SMILES string of the molecule is CC(C)(C)OC(=O)CN([I-]c1cnc(Cl)s1)c1ccccn1. The van der Waals surface area contributed by atoms with Crippen molar-refractivity contribution in [3.05, 3.63) is 37.9 Å². The summed E-state index contributed by atoms with van der Waals surface area (Å²) in [4.78, 5) is 20.5. The number of aromatic nitrogens is 2. The molecule has 22 heavy (non-hydrogen) atoms. The topological polar surface area (TPSA) is 55.3 Å². The monoisotopic (exact) mass is 452 g/mol. The normalized spacial score (nSPS) is 11.5. The number of hydrogen-bond acceptors (Lipinski definition) is 6. The Balaban J connectivity index is 2.13. The first-order valence-electron chi connectivity index (χ1n) is 6.50. The molecule has 0 atom stereocenters. The van der Waals surface area contributed by atoms with Gasteiger partial charge >= 0.3 is 150 Å². The second kappa shape index (κ2) is 7.56. The minimum absolute atomic E-state index is 0.164. The van der Waals surface area contributed by atoms with Gasteiger partial charge in [0.2, 0.25) is 0 Å². The molecule has 0 amide bonds. The van der Waals surface area contributed by atoms with Crippen LogP contribution in [0.5, 0.6) is 0 Å². The molecular weight excluding hydrogens is 437 g/mol. The number of carbonyl (C=O) groups is 1. The molecule has 0 bridgehead atoms. The van der Waals surface area contributed by atoms with E-state index in [0.29, 0.717) is 4.47 Å². The van der Waals surface area contributed by atoms with Crippen molar-refractivity contribution >= 4 is 34.7 Å². The van der Waals surface area contributed by atoms with Crippen LogP contribution in [0.1, 0.15) is 20.8 Å². The maximum absolute atomic E-state index is 12.1. The zero-order valence-electron chi connectivity index (χ0n) is 12.4. The van der Waals surface area contributed by atoms with Gasteiger partial charge in [-0.05, 0) is 0 Å². The molecule has 0 N–H and O–H groups in total. The third kappa shape index (κ3) is 5.69. The number of halogens is 2. The number of anilines is 1. The second-order valence-electron chi connectivity index (χ2n) is 5.30. The molecule has 0 radical (unpaired) electrons. The fourth-order valence-electron chi connectivity index (χ4n) is 1.51. The third-order valence-corrected chi connectivity index (χ3v) is 6.42. The van der Waals surface area contributed by atoms with Gasteiger partial charge in [-0.1, -0.05) is 0 Å². The molecule has 0 aliphatic heterocycles. The van der Waals surface area contributed by atoms with E-state index in [9.17, 15) is 4.79 Å². The van der Waals surface area contributed by atoms with Crippen molar-refractivity contribution in [2.75, 3.05) is 9.66 Å². The van der Waals surface area contributed by atoms with E-state index in [1.54, 1.807) is 12.4 Å². The van der Waals surface area contributed by atoms with Gasteiger partial charge in [-0.15, -0.1) is 0 Å². The average Bonchev–Trinajstić information content (AvgIpc) is 2.82. The Morgan fingerprint density at radius 3 is 2.73 bits per heavy atom. The number of nitrogens with zero attached hydrogens (tertiary/aromatic N) is 3. The van der Waals surface area contributed by atoms with Crippen molar-refractivity contribution in [1.82, 2.24) is 9.97 Å². The Hall–Kier alpha value is -0.930. The molecule has 0 aliphatic rings. The predicted octanol–water partition coefficient (Wildman–Crippen LogP) is 0.213. The van der Waals surface area contributed by atoms with Crippen molar-refractivity contribution in [2.24, 2.45) is 0 Å². The van der Waals surface area contributed by atoms with Crippen LogP contribution in [0.15, 0.2) is 30.6 Å². The third-order valence-electron chi connectivity index (χ3n) is 2.22. The molecule has 0 saturated heterocycles. The van der Waals surface area contributed by atoms with Crippen LogP contribution in [-0.2, 0) is 9.53 Å². The van der Waals surface area contributed by atoms with Crippen LogP contribution in [-0.4, -0.2) is 28.1 Å². The Morgan fingerprint density at radius 2 is 2.18 bits per heavy atom. The van der Waals surface area contributed by atoms with Crippen LogP contribution >= 0.6 is 22.9 Å². The maximum atomic E-state index is 12.1. The van der Waals surface area contributed by atoms with E-state index in [2.05, 4.69) is 9.97 Å². The van der Waals surface area contributed by atoms with E-state index in [1.807, 2.05) is 42.1 Å². The molecule has 0 spiro atoms. The number of ether oxygens (including phenoxy) is 1. The van der Waals surface area contributed by atoms with Crippen LogP contribution in [0.25, 0.3) is 0 Å². The van der Waals surface area contributed by atoms with E-state index in [-0.39, 0.29) is 12.5 Å². The standard InChI is InChI=1S/C14H16ClIN3O2S/c1-14(2,3)21-12(20)9-19(11-6-4-5-7-17-11)16-10-8-18-13(15)22-10/h4-8H,9H2,1-3H3/q-1. The van der Waals surface area contributed by atoms with E-state index in [1.165, 1.54) is 11.3 Å². The van der Waals surface area contributed by atoms with Crippen molar-refractivity contribution in [1.29, 1.82) is 0 Å². The van der Waals surface area contributed by atoms with Crippen LogP contribution in [0.4, 0.5) is 5.82 Å². The van der Waals surface area contributed by atoms with Gasteiger partial charge in [0.1, 0.15) is 0 Å². The Labute approximate surface area is 149 Å². The number of hydrogen-bond donors (Lipinski definition) is 0. The fraction of sp³-hybridized carbons (Fsp3) is 0.357. The quantitative estimate of drug-likeness (QED) is 0.369. The minimum atomic E-state index is -0.632. The average molecular weight is 453 g/mol. The number of pyridine rings is 1. The molecule has 2 aromatic rings. The van der Waals surface area contributed by atoms with Crippen molar-refractivity contribution in [3.8, 4) is 0 Å². The number of thiazole rings is 1. The Bertz CT molecular complexity index is 631. The summed E-state index contributed by atoms with van der Waals surface area (Å²) >= 11 is 6.68. The van der Waals surface area contributed by atoms with Crippen LogP contribution < -0.4 is 24.6 Å². The van der Waals surface area contributed by atoms with Gasteiger partial charge in [0.05, 0.1) is 0 Å². The van der Waals surface area contributed by atoms with Crippen molar-refractivity contribution in [2.45, 2.75) is 26.4 Å². The van der Waals surface area contributed by atoms with E-state index in [0.717, 1.165) is 8.70 Å². The first-order chi connectivity index (χ1) is 10.3. The molecular formula is C14H16ClIN3O2S-. The molecule has 8 heteroatoms. The summed E-state index contributed by atoms with van der Waals surface area (Å²) < 4.78 is 8.93. The van der Waals surface area contributed by atoms with Gasteiger partial charge in [0, 0.05) is 0 Å². The van der Waals surface area contributed by atoms with Gasteiger partial charge in [0.15, 0.2) is 0 Å². The molecule has 0 fully saturated rings. The summed E-state index contributed by atoms with van der Waals surface area (Å²) in [6, 6.07) is 5.62. The summed E-state index contributed by atoms with van der Waals surface area (Å²) in [5.41, 5.74) is -0.501. The van der Waals surface area contributed by atoms with Crippen LogP contribution in [0.2, 0.25) is 4.47 Å². The molecule has 2 heterocycles. The molecule has 120 valence electrons. The van der Waals surface area contributed by atoms with Crippen LogP contribution in [0, 0.1) is 2.88 Å². The first-order valence-corrected chi connectivity index (χ1v) is 9.74. The van der Waals surface area contributed by atoms with E-state index >= 15 is 0 Å². The Kier molecular flexibility index (Phi) is 5.99. The van der Waals surface area contributed by atoms with E-state index in [4.69, 9.17) is 16.3 Å². The molecule has 2 rings (SSSR count). The second-order valence-corrected chi connectivity index (χ2v) is 10.5. The summed E-state index contributed by atoms with van der Waals surface area (Å²) in [6.45, 7) is 5.73. The summed E-state index contributed by atoms with van der Waals surface area (Å²) in [6.07, 6.45) is 3.46. The number of carbonyl (C=O) groups excluding carboxylic acids is 1. The predicted molar refractivity (Wildman–Crippen MR) is 83.2 cm³/mol. The first kappa shape index (κ1) is 17.4. The molecule has 2 aromatic heterocycles. The molecule has 0 saturated carbocycles. The zero-order valence-corrected chi connectivity index (χ0v) is 16.1. The number of rotatable bonds is 5. The van der Waals surface area contributed by atoms with Crippen LogP contribution in [0.3, 0.4) is 0 Å². The van der Waals surface area contributed by atoms with Crippen molar-refractivity contribution in [3.63, 3.8) is 0 Å². The molecule has 5 nitrogen and oxygen atoms in total. The Morgan fingerprint density at radius 1 is 1.41 bits per heavy atom. The van der Waals surface area contributed by atoms with Gasteiger partial charge < -0.3 is 0 Å². The summed E-state index contributed by atoms with van der Waals surface area (Å²) in [5.74, 6) is 0.485.